The number of hydrogen-bond donors (Lipinski definition) is 1. The van der Waals surface area contributed by atoms with Crippen LogP contribution in [0.5, 0.6) is 0 Å². The van der Waals surface area contributed by atoms with Crippen LogP contribution in [-0.4, -0.2) is 68.4 Å². The van der Waals surface area contributed by atoms with Crippen molar-refractivity contribution in [2.24, 2.45) is 7.05 Å². The van der Waals surface area contributed by atoms with Crippen LogP contribution in [0.15, 0.2) is 42.7 Å². The lowest BCUT2D eigenvalue weighted by Gasteiger charge is -2.34. The topological polar surface area (TPSA) is 94.3 Å². The summed E-state index contributed by atoms with van der Waals surface area (Å²) in [7, 11) is 3.41. The number of aryl methyl sites for hydroxylation is 2. The monoisotopic (exact) mass is 434 g/mol. The zero-order chi connectivity index (χ0) is 22.2. The predicted molar refractivity (Wildman–Crippen MR) is 117 cm³/mol. The average Bonchev–Trinajstić information content (AvgIpc) is 3.35. The Kier molecular flexibility index (Phi) is 5.26. The molecule has 9 nitrogen and oxygen atoms in total. The number of carbonyl (C=O) groups excluding carboxylic acids is 2. The largest absolute Gasteiger partial charge is 0.377 e. The molecule has 2 aliphatic rings. The molecular weight excluding hydrogens is 408 g/mol. The summed E-state index contributed by atoms with van der Waals surface area (Å²) in [5.74, 6) is 0.439. The highest BCUT2D eigenvalue weighted by molar-refractivity contribution is 6.06. The van der Waals surface area contributed by atoms with Crippen molar-refractivity contribution in [2.75, 3.05) is 20.3 Å². The Morgan fingerprint density at radius 3 is 2.72 bits per heavy atom. The molecule has 2 aliphatic heterocycles. The van der Waals surface area contributed by atoms with E-state index in [1.54, 1.807) is 19.0 Å². The van der Waals surface area contributed by atoms with Crippen LogP contribution in [0.4, 0.5) is 0 Å². The molecule has 5 rings (SSSR count). The van der Waals surface area contributed by atoms with Crippen LogP contribution in [0, 0.1) is 0 Å². The first kappa shape index (κ1) is 20.4. The van der Waals surface area contributed by atoms with Crippen LogP contribution >= 0.6 is 0 Å². The van der Waals surface area contributed by atoms with Gasteiger partial charge in [-0.3, -0.25) is 14.3 Å². The highest BCUT2D eigenvalue weighted by Crippen LogP contribution is 2.23. The number of imidazole rings is 1. The zero-order valence-electron chi connectivity index (χ0n) is 18.2. The smallest absolute Gasteiger partial charge is 0.270 e. The fourth-order valence-corrected chi connectivity index (χ4v) is 4.22. The molecule has 0 aliphatic carbocycles. The average molecular weight is 435 g/mol. The number of fused-ring (bicyclic) bond motifs is 1. The van der Waals surface area contributed by atoms with Crippen molar-refractivity contribution in [2.45, 2.75) is 31.5 Å². The minimum Gasteiger partial charge on any atom is -0.377 e. The molecule has 0 bridgehead atoms. The van der Waals surface area contributed by atoms with Gasteiger partial charge in [-0.1, -0.05) is 30.3 Å². The summed E-state index contributed by atoms with van der Waals surface area (Å²) in [4.78, 5) is 32.5. The van der Waals surface area contributed by atoms with E-state index in [9.17, 15) is 9.59 Å². The Bertz CT molecular complexity index is 1150. The maximum atomic E-state index is 13.1. The number of benzene rings is 1. The summed E-state index contributed by atoms with van der Waals surface area (Å²) >= 11 is 0. The van der Waals surface area contributed by atoms with Gasteiger partial charge < -0.3 is 19.5 Å². The van der Waals surface area contributed by atoms with Crippen LogP contribution in [-0.2, 0) is 24.8 Å². The maximum Gasteiger partial charge on any atom is 0.270 e. The van der Waals surface area contributed by atoms with Crippen molar-refractivity contribution >= 4 is 11.8 Å². The molecule has 0 saturated carbocycles. The van der Waals surface area contributed by atoms with Gasteiger partial charge in [0.1, 0.15) is 11.5 Å². The van der Waals surface area contributed by atoms with Gasteiger partial charge in [0.15, 0.2) is 0 Å². The van der Waals surface area contributed by atoms with Crippen LogP contribution < -0.4 is 5.32 Å². The van der Waals surface area contributed by atoms with Gasteiger partial charge >= 0.3 is 0 Å². The molecule has 32 heavy (non-hydrogen) atoms. The van der Waals surface area contributed by atoms with Crippen molar-refractivity contribution in [3.8, 4) is 11.3 Å². The quantitative estimate of drug-likeness (QED) is 0.657. The highest BCUT2D eigenvalue weighted by Gasteiger charge is 2.32. The Hall–Kier alpha value is -3.46. The van der Waals surface area contributed by atoms with Gasteiger partial charge in [-0.15, -0.1) is 0 Å². The second kappa shape index (κ2) is 8.23. The molecule has 1 atom stereocenters. The van der Waals surface area contributed by atoms with Gasteiger partial charge in [0.05, 0.1) is 36.7 Å². The standard InChI is InChI=1S/C23H26N6O3/c1-27(17-13-32-14-17)23(31)18-11-24-28(2)21(18)22(30)25-16-8-9-29-12-19(26-20(29)10-16)15-6-4-3-5-7-15/h3-7,11-12,16-17H,8-10,13-14H2,1-2H3,(H,25,30)/t16-/m1/s1. The molecule has 1 fully saturated rings. The van der Waals surface area contributed by atoms with Crippen molar-refractivity contribution < 1.29 is 14.3 Å². The molecule has 1 aromatic carbocycles. The molecule has 2 aromatic heterocycles. The maximum absolute atomic E-state index is 13.1. The van der Waals surface area contributed by atoms with Crippen LogP contribution in [0.2, 0.25) is 0 Å². The van der Waals surface area contributed by atoms with Gasteiger partial charge in [0.25, 0.3) is 11.8 Å². The molecule has 166 valence electrons. The van der Waals surface area contributed by atoms with E-state index in [-0.39, 0.29) is 29.6 Å². The summed E-state index contributed by atoms with van der Waals surface area (Å²) < 4.78 is 8.80. The SMILES string of the molecule is CN(C(=O)c1cnn(C)c1C(=O)N[C@@H]1CCn2cc(-c3ccccc3)nc2C1)C1COC1. The molecule has 9 heteroatoms. The van der Waals surface area contributed by atoms with Crippen molar-refractivity contribution in [1.82, 2.24) is 29.5 Å². The van der Waals surface area contributed by atoms with E-state index in [4.69, 9.17) is 9.72 Å². The number of aromatic nitrogens is 4. The second-order valence-electron chi connectivity index (χ2n) is 8.40. The van der Waals surface area contributed by atoms with E-state index >= 15 is 0 Å². The number of hydrogen-bond acceptors (Lipinski definition) is 5. The lowest BCUT2D eigenvalue weighted by Crippen LogP contribution is -2.50. The third kappa shape index (κ3) is 3.69. The summed E-state index contributed by atoms with van der Waals surface area (Å²) in [5, 5.41) is 7.27. The molecule has 0 radical (unpaired) electrons. The number of rotatable bonds is 5. The first-order valence-electron chi connectivity index (χ1n) is 10.8. The van der Waals surface area contributed by atoms with Crippen LogP contribution in [0.25, 0.3) is 11.3 Å². The lowest BCUT2D eigenvalue weighted by atomic mass is 10.1. The number of nitrogens with zero attached hydrogens (tertiary/aromatic N) is 5. The van der Waals surface area contributed by atoms with E-state index in [0.717, 1.165) is 30.0 Å². The van der Waals surface area contributed by atoms with Crippen LogP contribution in [0.1, 0.15) is 33.1 Å². The lowest BCUT2D eigenvalue weighted by molar-refractivity contribution is -0.0468. The third-order valence-electron chi connectivity index (χ3n) is 6.28. The predicted octanol–water partition coefficient (Wildman–Crippen LogP) is 1.50. The number of nitrogens with one attached hydrogen (secondary N) is 1. The molecule has 4 heterocycles. The molecule has 1 N–H and O–H groups in total. The van der Waals surface area contributed by atoms with Crippen molar-refractivity contribution in [1.29, 1.82) is 0 Å². The van der Waals surface area contributed by atoms with E-state index < -0.39 is 0 Å². The molecule has 2 amide bonds. The first-order valence-corrected chi connectivity index (χ1v) is 10.8. The zero-order valence-corrected chi connectivity index (χ0v) is 18.2. The number of amides is 2. The summed E-state index contributed by atoms with van der Waals surface area (Å²) in [5.41, 5.74) is 2.60. The number of ether oxygens (including phenoxy) is 1. The Morgan fingerprint density at radius 2 is 2.00 bits per heavy atom. The molecular formula is C23H26N6O3. The molecule has 3 aromatic rings. The summed E-state index contributed by atoms with van der Waals surface area (Å²) in [6.07, 6.45) is 4.97. The highest BCUT2D eigenvalue weighted by atomic mass is 16.5. The molecule has 0 spiro atoms. The van der Waals surface area contributed by atoms with Gasteiger partial charge in [-0.2, -0.15) is 5.10 Å². The van der Waals surface area contributed by atoms with E-state index in [1.807, 2.05) is 30.3 Å². The van der Waals surface area contributed by atoms with Crippen molar-refractivity contribution in [3.63, 3.8) is 0 Å². The van der Waals surface area contributed by atoms with Gasteiger partial charge in [0, 0.05) is 44.9 Å². The number of likely N-dealkylation sites (N-methyl/N-ethyl adjacent to an activating group) is 1. The van der Waals surface area contributed by atoms with Gasteiger partial charge in [0.2, 0.25) is 0 Å². The molecule has 1 saturated heterocycles. The summed E-state index contributed by atoms with van der Waals surface area (Å²) in [6, 6.07) is 10.0. The van der Waals surface area contributed by atoms with E-state index in [2.05, 4.69) is 21.2 Å². The van der Waals surface area contributed by atoms with E-state index in [0.29, 0.717) is 25.2 Å². The minimum absolute atomic E-state index is 0.0367. The summed E-state index contributed by atoms with van der Waals surface area (Å²) in [6.45, 7) is 1.81. The third-order valence-corrected chi connectivity index (χ3v) is 6.28. The minimum atomic E-state index is -0.292. The fraction of sp³-hybridized carbons (Fsp3) is 0.391. The second-order valence-corrected chi connectivity index (χ2v) is 8.40. The Morgan fingerprint density at radius 1 is 1.22 bits per heavy atom. The van der Waals surface area contributed by atoms with Crippen LogP contribution in [0.3, 0.4) is 0 Å². The van der Waals surface area contributed by atoms with Crippen molar-refractivity contribution in [3.05, 3.63) is 59.8 Å². The Balaban J connectivity index is 1.30. The normalized spacial score (nSPS) is 18.0. The fourth-order valence-electron chi connectivity index (χ4n) is 4.22. The Labute approximate surface area is 186 Å². The van der Waals surface area contributed by atoms with Gasteiger partial charge in [-0.25, -0.2) is 4.98 Å². The first-order chi connectivity index (χ1) is 15.5. The number of carbonyl (C=O) groups is 2. The molecule has 0 unspecified atom stereocenters. The van der Waals surface area contributed by atoms with E-state index in [1.165, 1.54) is 10.9 Å². The van der Waals surface area contributed by atoms with Gasteiger partial charge in [-0.05, 0) is 6.42 Å².